The first-order valence-corrected chi connectivity index (χ1v) is 8.11. The highest BCUT2D eigenvalue weighted by Crippen LogP contribution is 2.30. The van der Waals surface area contributed by atoms with Gasteiger partial charge < -0.3 is 15.0 Å². The maximum absolute atomic E-state index is 12.2. The molecule has 0 unspecified atom stereocenters. The van der Waals surface area contributed by atoms with E-state index in [0.29, 0.717) is 0 Å². The van der Waals surface area contributed by atoms with Crippen molar-refractivity contribution in [1.29, 1.82) is 0 Å². The van der Waals surface area contributed by atoms with E-state index in [1.54, 1.807) is 23.3 Å². The summed E-state index contributed by atoms with van der Waals surface area (Å²) in [5.41, 5.74) is 2.86. The summed E-state index contributed by atoms with van der Waals surface area (Å²) >= 11 is 0. The van der Waals surface area contributed by atoms with Crippen LogP contribution < -0.4 is 5.32 Å². The number of nitrogens with one attached hydrogen (secondary N) is 1. The number of hydrogen-bond donors (Lipinski definition) is 2. The number of aliphatic hydroxyl groups is 1. The van der Waals surface area contributed by atoms with Gasteiger partial charge in [0.2, 0.25) is 5.91 Å². The predicted molar refractivity (Wildman–Crippen MR) is 90.2 cm³/mol. The van der Waals surface area contributed by atoms with Crippen molar-refractivity contribution in [2.75, 3.05) is 0 Å². The Morgan fingerprint density at radius 1 is 1.42 bits per heavy atom. The number of amides is 1. The van der Waals surface area contributed by atoms with Gasteiger partial charge in [0.25, 0.3) is 0 Å². The minimum atomic E-state index is -0.613. The summed E-state index contributed by atoms with van der Waals surface area (Å²) in [5.74, 6) is -0.201. The van der Waals surface area contributed by atoms with Crippen molar-refractivity contribution < 1.29 is 9.90 Å². The maximum Gasteiger partial charge on any atom is 0.244 e. The highest BCUT2D eigenvalue weighted by atomic mass is 16.3. The van der Waals surface area contributed by atoms with E-state index in [-0.39, 0.29) is 18.0 Å². The van der Waals surface area contributed by atoms with Crippen LogP contribution in [0.2, 0.25) is 0 Å². The first kappa shape index (κ1) is 16.4. The molecule has 1 amide bonds. The maximum atomic E-state index is 12.2. The van der Waals surface area contributed by atoms with Crippen LogP contribution >= 0.6 is 0 Å². The molecule has 0 radical (unpaired) electrons. The van der Waals surface area contributed by atoms with Crippen molar-refractivity contribution in [2.45, 2.75) is 44.9 Å². The zero-order valence-electron chi connectivity index (χ0n) is 14.2. The topological polar surface area (TPSA) is 85.0 Å². The number of nitrogens with zero attached hydrogens (tertiary/aromatic N) is 4. The van der Waals surface area contributed by atoms with Gasteiger partial charge in [0.05, 0.1) is 30.2 Å². The van der Waals surface area contributed by atoms with Gasteiger partial charge in [0.1, 0.15) is 0 Å². The van der Waals surface area contributed by atoms with Crippen LogP contribution in [0.1, 0.15) is 35.8 Å². The minimum absolute atomic E-state index is 0.0374. The Hall–Kier alpha value is -2.41. The molecule has 2 N–H and O–H groups in total. The van der Waals surface area contributed by atoms with Crippen molar-refractivity contribution in [3.8, 4) is 0 Å². The number of aromatic nitrogens is 4. The first-order chi connectivity index (χ1) is 11.5. The molecule has 2 aromatic rings. The molecule has 3 atom stereocenters. The monoisotopic (exact) mass is 329 g/mol. The van der Waals surface area contributed by atoms with Crippen LogP contribution in [0.3, 0.4) is 0 Å². The van der Waals surface area contributed by atoms with Crippen molar-refractivity contribution in [1.82, 2.24) is 24.6 Å². The number of rotatable bonds is 4. The molecule has 1 aliphatic rings. The zero-order valence-corrected chi connectivity index (χ0v) is 14.2. The van der Waals surface area contributed by atoms with Crippen molar-refractivity contribution >= 4 is 12.0 Å². The van der Waals surface area contributed by atoms with Crippen LogP contribution in [0.5, 0.6) is 0 Å². The van der Waals surface area contributed by atoms with Crippen molar-refractivity contribution in [3.63, 3.8) is 0 Å². The molecule has 0 saturated heterocycles. The lowest BCUT2D eigenvalue weighted by atomic mass is 10.1. The van der Waals surface area contributed by atoms with E-state index in [9.17, 15) is 9.90 Å². The van der Waals surface area contributed by atoms with Crippen molar-refractivity contribution in [2.24, 2.45) is 7.05 Å². The fourth-order valence-electron chi connectivity index (χ4n) is 3.33. The summed E-state index contributed by atoms with van der Waals surface area (Å²) in [6.07, 6.45) is 9.47. The first-order valence-electron chi connectivity index (χ1n) is 8.11. The SMILES string of the molecule is Cc1nn(C)c(C)c1/C=C/C(=O)N[C@@H]1CC[C@@H](n2ccnc2)[C@@H]1O. The molecule has 7 heteroatoms. The molecule has 24 heavy (non-hydrogen) atoms. The van der Waals surface area contributed by atoms with Gasteiger partial charge in [-0.05, 0) is 32.8 Å². The Morgan fingerprint density at radius 3 is 2.83 bits per heavy atom. The highest BCUT2D eigenvalue weighted by molar-refractivity contribution is 5.92. The number of aliphatic hydroxyl groups excluding tert-OH is 1. The van der Waals surface area contributed by atoms with Crippen LogP contribution in [0, 0.1) is 13.8 Å². The van der Waals surface area contributed by atoms with Gasteiger partial charge in [-0.2, -0.15) is 5.10 Å². The molecule has 2 heterocycles. The molecular formula is C17H23N5O2. The van der Waals surface area contributed by atoms with Gasteiger partial charge in [-0.3, -0.25) is 9.48 Å². The second-order valence-electron chi connectivity index (χ2n) is 6.30. The van der Waals surface area contributed by atoms with Crippen LogP contribution in [0.15, 0.2) is 24.8 Å². The lowest BCUT2D eigenvalue weighted by Gasteiger charge is -2.20. The van der Waals surface area contributed by atoms with Crippen LogP contribution in [0.4, 0.5) is 0 Å². The molecule has 1 aliphatic carbocycles. The molecule has 0 aliphatic heterocycles. The van der Waals surface area contributed by atoms with E-state index in [0.717, 1.165) is 29.8 Å². The molecule has 2 aromatic heterocycles. The second kappa shape index (κ2) is 6.60. The molecule has 0 bridgehead atoms. The second-order valence-corrected chi connectivity index (χ2v) is 6.30. The molecule has 0 spiro atoms. The fraction of sp³-hybridized carbons (Fsp3) is 0.471. The molecular weight excluding hydrogens is 306 g/mol. The molecule has 7 nitrogen and oxygen atoms in total. The summed E-state index contributed by atoms with van der Waals surface area (Å²) < 4.78 is 3.69. The van der Waals surface area contributed by atoms with Gasteiger partial charge in [0, 0.05) is 36.8 Å². The van der Waals surface area contributed by atoms with Gasteiger partial charge in [-0.1, -0.05) is 0 Å². The Kier molecular flexibility index (Phi) is 4.53. The van der Waals surface area contributed by atoms with Crippen LogP contribution in [-0.4, -0.2) is 42.5 Å². The molecule has 128 valence electrons. The van der Waals surface area contributed by atoms with E-state index in [1.807, 2.05) is 31.7 Å². The van der Waals surface area contributed by atoms with E-state index >= 15 is 0 Å². The quantitative estimate of drug-likeness (QED) is 0.824. The molecule has 3 rings (SSSR count). The fourth-order valence-corrected chi connectivity index (χ4v) is 3.33. The Morgan fingerprint density at radius 2 is 2.21 bits per heavy atom. The predicted octanol–water partition coefficient (Wildman–Crippen LogP) is 1.13. The van der Waals surface area contributed by atoms with Crippen molar-refractivity contribution in [3.05, 3.63) is 41.7 Å². The van der Waals surface area contributed by atoms with Crippen LogP contribution in [-0.2, 0) is 11.8 Å². The smallest absolute Gasteiger partial charge is 0.244 e. The summed E-state index contributed by atoms with van der Waals surface area (Å²) in [5, 5.41) is 17.7. The number of imidazole rings is 1. The number of carbonyl (C=O) groups excluding carboxylic acids is 1. The summed E-state index contributed by atoms with van der Waals surface area (Å²) in [6.45, 7) is 3.88. The summed E-state index contributed by atoms with van der Waals surface area (Å²) in [6, 6.07) is -0.282. The Bertz CT molecular complexity index is 747. The number of aryl methyl sites for hydroxylation is 2. The number of carbonyl (C=O) groups is 1. The van der Waals surface area contributed by atoms with Gasteiger partial charge in [-0.25, -0.2) is 4.98 Å². The summed E-state index contributed by atoms with van der Waals surface area (Å²) in [4.78, 5) is 16.2. The molecule has 1 saturated carbocycles. The van der Waals surface area contributed by atoms with Crippen LogP contribution in [0.25, 0.3) is 6.08 Å². The lowest BCUT2D eigenvalue weighted by molar-refractivity contribution is -0.117. The Balaban J connectivity index is 1.62. The van der Waals surface area contributed by atoms with E-state index in [4.69, 9.17) is 0 Å². The average Bonchev–Trinajstić information content (AvgIpc) is 3.22. The third-order valence-electron chi connectivity index (χ3n) is 4.78. The van der Waals surface area contributed by atoms with E-state index in [2.05, 4.69) is 15.4 Å². The van der Waals surface area contributed by atoms with Gasteiger partial charge >= 0.3 is 0 Å². The molecule has 0 aromatic carbocycles. The summed E-state index contributed by atoms with van der Waals surface area (Å²) in [7, 11) is 1.88. The largest absolute Gasteiger partial charge is 0.389 e. The van der Waals surface area contributed by atoms with E-state index in [1.165, 1.54) is 6.08 Å². The Labute approximate surface area is 141 Å². The van der Waals surface area contributed by atoms with E-state index < -0.39 is 6.10 Å². The normalized spacial score (nSPS) is 23.9. The zero-order chi connectivity index (χ0) is 17.3. The standard InChI is InChI=1S/C17H23N5O2/c1-11-13(12(2)21(3)20-11)4-7-16(23)19-14-5-6-15(17(14)24)22-9-8-18-10-22/h4,7-10,14-15,17,24H,5-6H2,1-3H3,(H,19,23)/b7-4+/t14-,15-,17-/m1/s1. The third-order valence-corrected chi connectivity index (χ3v) is 4.78. The third kappa shape index (κ3) is 3.12. The van der Waals surface area contributed by atoms with Gasteiger partial charge in [-0.15, -0.1) is 0 Å². The molecule has 1 fully saturated rings. The minimum Gasteiger partial charge on any atom is -0.389 e. The van der Waals surface area contributed by atoms with Gasteiger partial charge in [0.15, 0.2) is 0 Å². The number of hydrogen-bond acceptors (Lipinski definition) is 4. The average molecular weight is 329 g/mol. The highest BCUT2D eigenvalue weighted by Gasteiger charge is 2.36. The lowest BCUT2D eigenvalue weighted by Crippen LogP contribution is -2.41.